The summed E-state index contributed by atoms with van der Waals surface area (Å²) in [5.41, 5.74) is 0.907. The van der Waals surface area contributed by atoms with Crippen molar-refractivity contribution in [1.29, 1.82) is 0 Å². The van der Waals surface area contributed by atoms with Crippen molar-refractivity contribution in [1.82, 2.24) is 9.97 Å². The summed E-state index contributed by atoms with van der Waals surface area (Å²) in [4.78, 5) is 17.3. The summed E-state index contributed by atoms with van der Waals surface area (Å²) in [6.45, 7) is 0.715. The van der Waals surface area contributed by atoms with Crippen LogP contribution in [0, 0.1) is 0 Å². The van der Waals surface area contributed by atoms with Crippen molar-refractivity contribution in [3.63, 3.8) is 0 Å². The Morgan fingerprint density at radius 3 is 3.45 bits per heavy atom. The van der Waals surface area contributed by atoms with Crippen LogP contribution in [0.2, 0.25) is 0 Å². The smallest absolute Gasteiger partial charge is 0.153 e. The van der Waals surface area contributed by atoms with Crippen molar-refractivity contribution in [3.8, 4) is 0 Å². The maximum atomic E-state index is 4.78. The summed E-state index contributed by atoms with van der Waals surface area (Å²) in [5, 5.41) is 2.93. The number of rotatable bonds is 0. The predicted molar refractivity (Wildman–Crippen MR) is 36.4 cm³/mol. The maximum absolute atomic E-state index is 4.78. The molecule has 0 atom stereocenters. The van der Waals surface area contributed by atoms with Crippen LogP contribution in [0.1, 0.15) is 5.56 Å². The molecule has 11 heavy (non-hydrogen) atoms. The quantitative estimate of drug-likeness (QED) is 0.543. The van der Waals surface area contributed by atoms with Gasteiger partial charge in [-0.2, -0.15) is 0 Å². The molecule has 5 nitrogen and oxygen atoms in total. The highest BCUT2D eigenvalue weighted by molar-refractivity contribution is 5.41. The van der Waals surface area contributed by atoms with E-state index in [1.54, 1.807) is 6.20 Å². The number of nitrogens with one attached hydrogen (secondary N) is 1. The van der Waals surface area contributed by atoms with Gasteiger partial charge in [-0.25, -0.2) is 19.7 Å². The van der Waals surface area contributed by atoms with E-state index in [1.165, 1.54) is 6.33 Å². The van der Waals surface area contributed by atoms with E-state index in [0.717, 1.165) is 11.4 Å². The third-order valence-electron chi connectivity index (χ3n) is 1.38. The van der Waals surface area contributed by atoms with Gasteiger partial charge >= 0.3 is 0 Å². The molecule has 1 aliphatic rings. The molecule has 5 heteroatoms. The molecule has 0 aliphatic carbocycles. The minimum absolute atomic E-state index is 0.323. The normalized spacial score (nSPS) is 16.4. The van der Waals surface area contributed by atoms with E-state index >= 15 is 0 Å². The highest BCUT2D eigenvalue weighted by Gasteiger charge is 2.07. The van der Waals surface area contributed by atoms with Crippen LogP contribution in [0.4, 0.5) is 5.82 Å². The fraction of sp³-hybridized carbons (Fsp3) is 0.333. The minimum atomic E-state index is 0.323. The monoisotopic (exact) mass is 153 g/mol. The number of hydrogen-bond donors (Lipinski definition) is 1. The molecule has 2 rings (SSSR count). The van der Waals surface area contributed by atoms with Gasteiger partial charge in [0.05, 0.1) is 0 Å². The Morgan fingerprint density at radius 2 is 2.45 bits per heavy atom. The predicted octanol–water partition coefficient (Wildman–Crippen LogP) is 0.308. The SMILES string of the molecule is c1ncc2c(n1)NCOOC2. The van der Waals surface area contributed by atoms with Gasteiger partial charge in [-0.15, -0.1) is 0 Å². The third-order valence-corrected chi connectivity index (χ3v) is 1.38. The molecule has 1 aromatic heterocycles. The zero-order valence-electron chi connectivity index (χ0n) is 5.78. The number of aromatic nitrogens is 2. The van der Waals surface area contributed by atoms with Crippen LogP contribution in [-0.4, -0.2) is 16.7 Å². The Hall–Kier alpha value is -1.20. The number of fused-ring (bicyclic) bond motifs is 1. The fourth-order valence-corrected chi connectivity index (χ4v) is 0.868. The Balaban J connectivity index is 2.33. The van der Waals surface area contributed by atoms with Crippen molar-refractivity contribution in [2.24, 2.45) is 0 Å². The maximum Gasteiger partial charge on any atom is 0.153 e. The molecule has 1 aromatic rings. The summed E-state index contributed by atoms with van der Waals surface area (Å²) < 4.78 is 0. The largest absolute Gasteiger partial charge is 0.344 e. The van der Waals surface area contributed by atoms with E-state index in [9.17, 15) is 0 Å². The first kappa shape index (κ1) is 6.51. The average Bonchev–Trinajstić information content (AvgIpc) is 2.28. The van der Waals surface area contributed by atoms with Crippen molar-refractivity contribution in [2.75, 3.05) is 12.0 Å². The molecule has 0 amide bonds. The van der Waals surface area contributed by atoms with Gasteiger partial charge in [0.25, 0.3) is 0 Å². The van der Waals surface area contributed by atoms with E-state index < -0.39 is 0 Å². The highest BCUT2D eigenvalue weighted by atomic mass is 17.2. The lowest BCUT2D eigenvalue weighted by Gasteiger charge is -2.00. The van der Waals surface area contributed by atoms with Crippen molar-refractivity contribution >= 4 is 5.82 Å². The van der Waals surface area contributed by atoms with Crippen LogP contribution < -0.4 is 5.32 Å². The summed E-state index contributed by atoms with van der Waals surface area (Å²) in [6, 6.07) is 0. The minimum Gasteiger partial charge on any atom is -0.344 e. The lowest BCUT2D eigenvalue weighted by atomic mass is 10.3. The molecule has 0 saturated carbocycles. The van der Waals surface area contributed by atoms with Crippen molar-refractivity contribution in [2.45, 2.75) is 6.61 Å². The van der Waals surface area contributed by atoms with E-state index in [4.69, 9.17) is 9.78 Å². The summed E-state index contributed by atoms with van der Waals surface area (Å²) in [6.07, 6.45) is 3.18. The van der Waals surface area contributed by atoms with Crippen LogP contribution in [0.5, 0.6) is 0 Å². The zero-order chi connectivity index (χ0) is 7.52. The number of nitrogens with zero attached hydrogens (tertiary/aromatic N) is 2. The van der Waals surface area contributed by atoms with Gasteiger partial charge < -0.3 is 5.32 Å². The number of hydrogen-bond acceptors (Lipinski definition) is 5. The Bertz CT molecular complexity index is 228. The molecule has 0 saturated heterocycles. The Kier molecular flexibility index (Phi) is 1.66. The molecule has 1 N–H and O–H groups in total. The van der Waals surface area contributed by atoms with E-state index in [2.05, 4.69) is 15.3 Å². The summed E-state index contributed by atoms with van der Waals surface area (Å²) >= 11 is 0. The molecule has 0 aromatic carbocycles. The van der Waals surface area contributed by atoms with Gasteiger partial charge in [0.1, 0.15) is 18.8 Å². The molecular weight excluding hydrogens is 146 g/mol. The lowest BCUT2D eigenvalue weighted by molar-refractivity contribution is -0.296. The topological polar surface area (TPSA) is 56.3 Å². The molecule has 2 heterocycles. The molecule has 0 bridgehead atoms. The standard InChI is InChI=1S/C6H7N3O2/c1-5-2-10-11-4-9-6(5)8-3-7-1/h1,3H,2,4H2,(H,7,8,9). The molecule has 0 radical (unpaired) electrons. The van der Waals surface area contributed by atoms with Gasteiger partial charge in [0.15, 0.2) is 6.73 Å². The molecule has 0 fully saturated rings. The van der Waals surface area contributed by atoms with Crippen molar-refractivity contribution < 1.29 is 9.78 Å². The van der Waals surface area contributed by atoms with Crippen molar-refractivity contribution in [3.05, 3.63) is 18.1 Å². The first-order chi connectivity index (χ1) is 5.47. The first-order valence-corrected chi connectivity index (χ1v) is 3.24. The summed E-state index contributed by atoms with van der Waals surface area (Å²) in [7, 11) is 0. The molecule has 58 valence electrons. The third kappa shape index (κ3) is 1.28. The van der Waals surface area contributed by atoms with Gasteiger partial charge in [0, 0.05) is 11.8 Å². The van der Waals surface area contributed by atoms with Crippen LogP contribution in [0.3, 0.4) is 0 Å². The Morgan fingerprint density at radius 1 is 1.45 bits per heavy atom. The van der Waals surface area contributed by atoms with Gasteiger partial charge in [0.2, 0.25) is 0 Å². The van der Waals surface area contributed by atoms with Gasteiger partial charge in [-0.3, -0.25) is 0 Å². The van der Waals surface area contributed by atoms with Crippen LogP contribution in [0.25, 0.3) is 0 Å². The second-order valence-corrected chi connectivity index (χ2v) is 2.10. The first-order valence-electron chi connectivity index (χ1n) is 3.24. The Labute approximate surface area is 63.3 Å². The van der Waals surface area contributed by atoms with Crippen LogP contribution in [0.15, 0.2) is 12.5 Å². The zero-order valence-corrected chi connectivity index (χ0v) is 5.78. The van der Waals surface area contributed by atoms with Gasteiger partial charge in [-0.05, 0) is 0 Å². The summed E-state index contributed by atoms with van der Waals surface area (Å²) in [5.74, 6) is 0.775. The fourth-order valence-electron chi connectivity index (χ4n) is 0.868. The molecule has 0 spiro atoms. The second-order valence-electron chi connectivity index (χ2n) is 2.10. The van der Waals surface area contributed by atoms with Crippen LogP contribution in [-0.2, 0) is 16.4 Å². The second kappa shape index (κ2) is 2.81. The van der Waals surface area contributed by atoms with E-state index in [0.29, 0.717) is 13.3 Å². The molecule has 1 aliphatic heterocycles. The van der Waals surface area contributed by atoms with E-state index in [1.807, 2.05) is 0 Å². The van der Waals surface area contributed by atoms with Gasteiger partial charge in [-0.1, -0.05) is 0 Å². The molecule has 0 unspecified atom stereocenters. The van der Waals surface area contributed by atoms with E-state index in [-0.39, 0.29) is 0 Å². The molecular formula is C6H7N3O2. The average molecular weight is 153 g/mol. The van der Waals surface area contributed by atoms with Crippen LogP contribution >= 0.6 is 0 Å². The highest BCUT2D eigenvalue weighted by Crippen LogP contribution is 2.13. The number of anilines is 1. The lowest BCUT2D eigenvalue weighted by Crippen LogP contribution is -2.03.